The number of benzene rings is 1. The molecule has 8 nitrogen and oxygen atoms in total. The van der Waals surface area contributed by atoms with Crippen LogP contribution in [0, 0.1) is 5.92 Å². The molecule has 2 fully saturated rings. The Morgan fingerprint density at radius 3 is 2.67 bits per heavy atom. The zero-order valence-corrected chi connectivity index (χ0v) is 21.6. The normalized spacial score (nSPS) is 28.8. The van der Waals surface area contributed by atoms with Crippen LogP contribution in [0.2, 0.25) is 0 Å². The van der Waals surface area contributed by atoms with E-state index in [9.17, 15) is 9.59 Å². The molecule has 0 N–H and O–H groups in total. The Hall–Kier alpha value is -2.42. The molecule has 0 spiro atoms. The van der Waals surface area contributed by atoms with Crippen molar-refractivity contribution in [2.45, 2.75) is 63.9 Å². The molecule has 5 rings (SSSR count). The van der Waals surface area contributed by atoms with Gasteiger partial charge in [0, 0.05) is 39.7 Å². The van der Waals surface area contributed by atoms with Crippen molar-refractivity contribution in [1.29, 1.82) is 0 Å². The van der Waals surface area contributed by atoms with E-state index in [2.05, 4.69) is 4.90 Å². The zero-order chi connectivity index (χ0) is 25.2. The van der Waals surface area contributed by atoms with Crippen LogP contribution in [0.5, 0.6) is 5.75 Å². The van der Waals surface area contributed by atoms with Gasteiger partial charge in [-0.15, -0.1) is 0 Å². The smallest absolute Gasteiger partial charge is 0.290 e. The number of hydrogen-bond donors (Lipinski definition) is 0. The first-order chi connectivity index (χ1) is 17.5. The van der Waals surface area contributed by atoms with E-state index in [1.54, 1.807) is 7.11 Å². The van der Waals surface area contributed by atoms with E-state index in [4.69, 9.17) is 18.9 Å². The van der Waals surface area contributed by atoms with E-state index in [0.29, 0.717) is 25.0 Å². The van der Waals surface area contributed by atoms with Crippen molar-refractivity contribution < 1.29 is 28.5 Å². The third-order valence-corrected chi connectivity index (χ3v) is 7.76. The van der Waals surface area contributed by atoms with Crippen LogP contribution in [0.3, 0.4) is 0 Å². The Balaban J connectivity index is 1.43. The summed E-state index contributed by atoms with van der Waals surface area (Å²) in [4.78, 5) is 31.8. The molecule has 3 heterocycles. The fourth-order valence-electron chi connectivity index (χ4n) is 5.99. The molecule has 8 heteroatoms. The minimum atomic E-state index is -0.457. The summed E-state index contributed by atoms with van der Waals surface area (Å²) in [5.74, 6) is 0.622. The number of nitrogens with zero attached hydrogens (tertiary/aromatic N) is 2. The van der Waals surface area contributed by atoms with Gasteiger partial charge in [0.15, 0.2) is 11.5 Å². The quantitative estimate of drug-likeness (QED) is 0.545. The molecule has 1 aromatic carbocycles. The summed E-state index contributed by atoms with van der Waals surface area (Å²) < 4.78 is 23.3. The summed E-state index contributed by atoms with van der Waals surface area (Å²) in [5.41, 5.74) is 1.41. The maximum atomic E-state index is 13.9. The van der Waals surface area contributed by atoms with Crippen LogP contribution in [0.25, 0.3) is 0 Å². The summed E-state index contributed by atoms with van der Waals surface area (Å²) in [5, 5.41) is 0. The van der Waals surface area contributed by atoms with E-state index in [0.717, 1.165) is 57.0 Å². The molecule has 1 aromatic rings. The third-order valence-electron chi connectivity index (χ3n) is 7.76. The Morgan fingerprint density at radius 2 is 1.92 bits per heavy atom. The van der Waals surface area contributed by atoms with Gasteiger partial charge in [0.2, 0.25) is 0 Å². The number of morpholine rings is 1. The van der Waals surface area contributed by atoms with Gasteiger partial charge in [-0.2, -0.15) is 0 Å². The highest BCUT2D eigenvalue weighted by Crippen LogP contribution is 2.47. The molecule has 1 aliphatic carbocycles. The summed E-state index contributed by atoms with van der Waals surface area (Å²) in [6.07, 6.45) is 2.78. The lowest BCUT2D eigenvalue weighted by Gasteiger charge is -2.38. The molecule has 0 bridgehead atoms. The lowest BCUT2D eigenvalue weighted by Crippen LogP contribution is -2.43. The molecular weight excluding hydrogens is 460 g/mol. The van der Waals surface area contributed by atoms with E-state index < -0.39 is 6.04 Å². The van der Waals surface area contributed by atoms with Gasteiger partial charge >= 0.3 is 0 Å². The number of amides is 1. The van der Waals surface area contributed by atoms with Gasteiger partial charge in [-0.25, -0.2) is 0 Å². The molecule has 4 aliphatic rings. The number of ketones is 1. The topological polar surface area (TPSA) is 77.5 Å². The molecule has 36 heavy (non-hydrogen) atoms. The van der Waals surface area contributed by atoms with Crippen LogP contribution < -0.4 is 4.74 Å². The largest absolute Gasteiger partial charge is 0.491 e. The van der Waals surface area contributed by atoms with Gasteiger partial charge in [-0.05, 0) is 50.8 Å². The average molecular weight is 499 g/mol. The first-order valence-corrected chi connectivity index (χ1v) is 13.3. The van der Waals surface area contributed by atoms with Crippen LogP contribution in [-0.2, 0) is 23.8 Å². The lowest BCUT2D eigenvalue weighted by molar-refractivity contribution is -0.138. The van der Waals surface area contributed by atoms with Crippen molar-refractivity contribution in [2.24, 2.45) is 5.92 Å². The molecule has 4 atom stereocenters. The first-order valence-electron chi connectivity index (χ1n) is 13.3. The average Bonchev–Trinajstić information content (AvgIpc) is 3.16. The summed E-state index contributed by atoms with van der Waals surface area (Å²) >= 11 is 0. The van der Waals surface area contributed by atoms with Crippen molar-refractivity contribution in [3.8, 4) is 5.75 Å². The molecule has 0 radical (unpaired) electrons. The van der Waals surface area contributed by atoms with Crippen LogP contribution in [0.15, 0.2) is 35.6 Å². The Labute approximate surface area is 213 Å². The molecule has 196 valence electrons. The Kier molecular flexibility index (Phi) is 7.65. The van der Waals surface area contributed by atoms with Gasteiger partial charge in [-0.3, -0.25) is 14.5 Å². The van der Waals surface area contributed by atoms with Gasteiger partial charge in [0.1, 0.15) is 11.9 Å². The number of carbonyl (C=O) groups excluding carboxylic acids is 2. The summed E-state index contributed by atoms with van der Waals surface area (Å²) in [6.45, 7) is 8.72. The highest BCUT2D eigenvalue weighted by molar-refractivity contribution is 6.11. The van der Waals surface area contributed by atoms with Crippen molar-refractivity contribution in [3.05, 3.63) is 41.2 Å². The minimum Gasteiger partial charge on any atom is -0.491 e. The van der Waals surface area contributed by atoms with Gasteiger partial charge in [-0.1, -0.05) is 12.1 Å². The van der Waals surface area contributed by atoms with Crippen LogP contribution in [-0.4, -0.2) is 86.3 Å². The Morgan fingerprint density at radius 1 is 1.11 bits per heavy atom. The highest BCUT2D eigenvalue weighted by Gasteiger charge is 2.52. The lowest BCUT2D eigenvalue weighted by atomic mass is 9.76. The van der Waals surface area contributed by atoms with Crippen molar-refractivity contribution in [1.82, 2.24) is 9.80 Å². The summed E-state index contributed by atoms with van der Waals surface area (Å²) in [6, 6.07) is 7.34. The maximum Gasteiger partial charge on any atom is 0.290 e. The number of methoxy groups -OCH3 is 1. The standard InChI is InChI=1S/C28H38N2O6/c1-18(2)35-21-7-4-6-19(16-21)25-24-26(31)22-9-8-20(33-3)17-23(22)36-27(24)28(32)30(25)11-5-10-29-12-14-34-15-13-29/h4,6-7,16,18,20,22-23,25H,5,8-15,17H2,1-3H3. The van der Waals surface area contributed by atoms with E-state index >= 15 is 0 Å². The third kappa shape index (κ3) is 5.04. The molecule has 1 saturated carbocycles. The molecule has 0 aromatic heterocycles. The highest BCUT2D eigenvalue weighted by atomic mass is 16.5. The Bertz CT molecular complexity index is 1000. The van der Waals surface area contributed by atoms with Crippen molar-refractivity contribution in [2.75, 3.05) is 46.5 Å². The number of ether oxygens (including phenoxy) is 4. The van der Waals surface area contributed by atoms with Gasteiger partial charge < -0.3 is 23.8 Å². The fourth-order valence-corrected chi connectivity index (χ4v) is 5.99. The summed E-state index contributed by atoms with van der Waals surface area (Å²) in [7, 11) is 1.69. The first kappa shape index (κ1) is 25.2. The van der Waals surface area contributed by atoms with Crippen molar-refractivity contribution >= 4 is 11.7 Å². The van der Waals surface area contributed by atoms with E-state index in [1.807, 2.05) is 43.0 Å². The monoisotopic (exact) mass is 498 g/mol. The molecule has 1 saturated heterocycles. The van der Waals surface area contributed by atoms with E-state index in [-0.39, 0.29) is 41.7 Å². The molecule has 4 unspecified atom stereocenters. The predicted octanol–water partition coefficient (Wildman–Crippen LogP) is 3.12. The number of rotatable bonds is 8. The SMILES string of the molecule is COC1CCC2C(=O)C3=C(OC2C1)C(=O)N(CCCN1CCOCC1)C3c1cccc(OC(C)C)c1. The molecule has 1 amide bonds. The van der Waals surface area contributed by atoms with Crippen LogP contribution >= 0.6 is 0 Å². The second kappa shape index (κ2) is 10.9. The second-order valence-electron chi connectivity index (χ2n) is 10.5. The maximum absolute atomic E-state index is 13.9. The minimum absolute atomic E-state index is 0.0289. The number of hydrogen-bond acceptors (Lipinski definition) is 7. The van der Waals surface area contributed by atoms with E-state index in [1.165, 1.54) is 0 Å². The van der Waals surface area contributed by atoms with Gasteiger partial charge in [0.25, 0.3) is 5.91 Å². The number of fused-ring (bicyclic) bond motifs is 1. The molecular formula is C28H38N2O6. The number of carbonyl (C=O) groups is 2. The fraction of sp³-hybridized carbons (Fsp3) is 0.643. The zero-order valence-electron chi connectivity index (χ0n) is 21.6. The van der Waals surface area contributed by atoms with Gasteiger partial charge in [0.05, 0.1) is 43.0 Å². The number of Topliss-reactive ketones (excluding diaryl/α,β-unsaturated/α-hetero) is 1. The van der Waals surface area contributed by atoms with Crippen molar-refractivity contribution in [3.63, 3.8) is 0 Å². The molecule has 3 aliphatic heterocycles. The van der Waals surface area contributed by atoms with Crippen LogP contribution in [0.1, 0.15) is 51.1 Å². The van der Waals surface area contributed by atoms with Crippen LogP contribution in [0.4, 0.5) is 0 Å². The predicted molar refractivity (Wildman–Crippen MR) is 134 cm³/mol. The second-order valence-corrected chi connectivity index (χ2v) is 10.5.